The number of rotatable bonds is 4. The van der Waals surface area contributed by atoms with Gasteiger partial charge in [-0.15, -0.1) is 11.3 Å². The van der Waals surface area contributed by atoms with E-state index in [4.69, 9.17) is 16.0 Å². The molecule has 1 aliphatic carbocycles. The Hall–Kier alpha value is -2.83. The van der Waals surface area contributed by atoms with Gasteiger partial charge in [0.05, 0.1) is 11.3 Å². The fourth-order valence-corrected chi connectivity index (χ4v) is 4.27. The largest absolute Gasteiger partial charge is 0.478 e. The van der Waals surface area contributed by atoms with Crippen LogP contribution in [0, 0.1) is 0 Å². The Morgan fingerprint density at radius 2 is 2.11 bits per heavy atom. The topological polar surface area (TPSA) is 79.5 Å². The summed E-state index contributed by atoms with van der Waals surface area (Å²) >= 11 is 7.25. The summed E-state index contributed by atoms with van der Waals surface area (Å²) in [6, 6.07) is 8.92. The van der Waals surface area contributed by atoms with E-state index in [0.717, 1.165) is 5.39 Å². The van der Waals surface area contributed by atoms with Crippen LogP contribution in [0.15, 0.2) is 63.4 Å². The number of carbonyl (C=O) groups excluding carboxylic acids is 1. The fourth-order valence-electron chi connectivity index (χ4n) is 3.02. The van der Waals surface area contributed by atoms with E-state index in [0.29, 0.717) is 21.9 Å². The average Bonchev–Trinajstić information content (AvgIpc) is 3.26. The number of halogens is 1. The first-order valence-corrected chi connectivity index (χ1v) is 9.47. The molecule has 0 saturated heterocycles. The third-order valence-corrected chi connectivity index (χ3v) is 5.72. The van der Waals surface area contributed by atoms with Crippen LogP contribution in [-0.2, 0) is 0 Å². The van der Waals surface area contributed by atoms with Crippen LogP contribution in [0.25, 0.3) is 11.0 Å². The zero-order valence-corrected chi connectivity index (χ0v) is 15.5. The number of hydrogen-bond donors (Lipinski definition) is 2. The van der Waals surface area contributed by atoms with E-state index < -0.39 is 11.9 Å². The van der Waals surface area contributed by atoms with Gasteiger partial charge in [-0.25, -0.2) is 4.79 Å². The lowest BCUT2D eigenvalue weighted by Gasteiger charge is -2.14. The molecule has 0 aliphatic heterocycles. The Labute approximate surface area is 163 Å². The van der Waals surface area contributed by atoms with Crippen LogP contribution in [0.4, 0.5) is 5.69 Å². The predicted octanol–water partition coefficient (Wildman–Crippen LogP) is 5.61. The van der Waals surface area contributed by atoms with E-state index in [1.54, 1.807) is 23.6 Å². The minimum absolute atomic E-state index is 0.0829. The van der Waals surface area contributed by atoms with Gasteiger partial charge in [0.15, 0.2) is 5.76 Å². The van der Waals surface area contributed by atoms with E-state index in [1.807, 2.05) is 30.4 Å². The Bertz CT molecular complexity index is 1080. The number of fused-ring (bicyclic) bond motifs is 1. The summed E-state index contributed by atoms with van der Waals surface area (Å²) in [6.45, 7) is 0. The molecule has 0 saturated carbocycles. The van der Waals surface area contributed by atoms with Gasteiger partial charge >= 0.3 is 5.97 Å². The highest BCUT2D eigenvalue weighted by Gasteiger charge is 2.25. The smallest absolute Gasteiger partial charge is 0.338 e. The van der Waals surface area contributed by atoms with Gasteiger partial charge in [0.1, 0.15) is 5.58 Å². The summed E-state index contributed by atoms with van der Waals surface area (Å²) < 4.78 is 5.55. The second kappa shape index (κ2) is 7.06. The molecule has 2 aromatic heterocycles. The lowest BCUT2D eigenvalue weighted by atomic mass is 9.96. The monoisotopic (exact) mass is 399 g/mol. The van der Waals surface area contributed by atoms with Crippen molar-refractivity contribution >= 4 is 51.5 Å². The van der Waals surface area contributed by atoms with Crippen molar-refractivity contribution in [2.75, 3.05) is 5.32 Å². The van der Waals surface area contributed by atoms with E-state index in [9.17, 15) is 14.7 Å². The summed E-state index contributed by atoms with van der Waals surface area (Å²) in [6.07, 6.45) is 6.11. The molecular weight excluding hydrogens is 386 g/mol. The van der Waals surface area contributed by atoms with Crippen LogP contribution < -0.4 is 5.32 Å². The molecule has 0 radical (unpaired) electrons. The van der Waals surface area contributed by atoms with Crippen molar-refractivity contribution in [2.24, 2.45) is 0 Å². The van der Waals surface area contributed by atoms with Crippen molar-refractivity contribution < 1.29 is 19.1 Å². The molecule has 27 heavy (non-hydrogen) atoms. The van der Waals surface area contributed by atoms with E-state index in [1.165, 1.54) is 11.3 Å². The van der Waals surface area contributed by atoms with Gasteiger partial charge in [-0.05, 0) is 24.6 Å². The second-order valence-electron chi connectivity index (χ2n) is 6.09. The average molecular weight is 400 g/mol. The predicted molar refractivity (Wildman–Crippen MR) is 106 cm³/mol. The lowest BCUT2D eigenvalue weighted by Crippen LogP contribution is -2.14. The maximum atomic E-state index is 12.6. The fraction of sp³-hybridized carbons (Fsp3) is 0.100. The van der Waals surface area contributed by atoms with Crippen LogP contribution in [0.3, 0.4) is 0 Å². The maximum absolute atomic E-state index is 12.6. The Morgan fingerprint density at radius 1 is 1.30 bits per heavy atom. The van der Waals surface area contributed by atoms with Crippen molar-refractivity contribution in [3.05, 3.63) is 75.2 Å². The van der Waals surface area contributed by atoms with Crippen LogP contribution in [0.1, 0.15) is 38.1 Å². The number of para-hydroxylation sites is 1. The Balaban J connectivity index is 1.63. The highest BCUT2D eigenvalue weighted by Crippen LogP contribution is 2.38. The van der Waals surface area contributed by atoms with E-state index in [-0.39, 0.29) is 22.9 Å². The highest BCUT2D eigenvalue weighted by atomic mass is 35.5. The summed E-state index contributed by atoms with van der Waals surface area (Å²) in [5.41, 5.74) is 0.968. The number of amides is 1. The minimum Gasteiger partial charge on any atom is -0.478 e. The molecular formula is C20H14ClNO4S. The number of furan rings is 1. The first kappa shape index (κ1) is 17.6. The molecule has 1 aliphatic rings. The number of benzene rings is 1. The molecule has 1 aromatic carbocycles. The zero-order valence-electron chi connectivity index (χ0n) is 13.9. The first-order chi connectivity index (χ1) is 13.0. The van der Waals surface area contributed by atoms with Gasteiger partial charge in [0.25, 0.3) is 5.91 Å². The molecule has 7 heteroatoms. The quantitative estimate of drug-likeness (QED) is 0.597. The molecule has 4 rings (SSSR count). The number of carboxylic acids is 1. The van der Waals surface area contributed by atoms with Gasteiger partial charge < -0.3 is 14.8 Å². The number of carbonyl (C=O) groups is 2. The van der Waals surface area contributed by atoms with Gasteiger partial charge in [-0.3, -0.25) is 4.79 Å². The van der Waals surface area contributed by atoms with Crippen LogP contribution in [0.5, 0.6) is 0 Å². The van der Waals surface area contributed by atoms with Crippen molar-refractivity contribution in [1.29, 1.82) is 0 Å². The molecule has 1 amide bonds. The van der Waals surface area contributed by atoms with Crippen LogP contribution in [0.2, 0.25) is 0 Å². The molecule has 0 bridgehead atoms. The zero-order chi connectivity index (χ0) is 19.0. The van der Waals surface area contributed by atoms with Gasteiger partial charge in [-0.1, -0.05) is 42.0 Å². The van der Waals surface area contributed by atoms with Crippen molar-refractivity contribution in [1.82, 2.24) is 0 Å². The summed E-state index contributed by atoms with van der Waals surface area (Å²) in [4.78, 5) is 25.1. The number of thiophene rings is 1. The van der Waals surface area contributed by atoms with Gasteiger partial charge in [-0.2, -0.15) is 0 Å². The molecule has 1 unspecified atom stereocenters. The number of anilines is 1. The first-order valence-electron chi connectivity index (χ1n) is 8.21. The van der Waals surface area contributed by atoms with Crippen molar-refractivity contribution in [3.8, 4) is 0 Å². The molecule has 136 valence electrons. The number of carboxylic acid groups (broad SMARTS) is 1. The normalized spacial score (nSPS) is 16.3. The maximum Gasteiger partial charge on any atom is 0.338 e. The summed E-state index contributed by atoms with van der Waals surface area (Å²) in [5.74, 6) is -1.52. The van der Waals surface area contributed by atoms with E-state index in [2.05, 4.69) is 5.32 Å². The summed E-state index contributed by atoms with van der Waals surface area (Å²) in [7, 11) is 0. The highest BCUT2D eigenvalue weighted by molar-refractivity contribution is 7.11. The molecule has 5 nitrogen and oxygen atoms in total. The molecule has 2 N–H and O–H groups in total. The SMILES string of the molecule is O=C(Nc1csc(C2C=CC(Cl)=CC2)c1C(=O)O)c1cc2ccccc2o1. The van der Waals surface area contributed by atoms with Crippen LogP contribution in [-0.4, -0.2) is 17.0 Å². The third-order valence-electron chi connectivity index (χ3n) is 4.32. The van der Waals surface area contributed by atoms with Gasteiger partial charge in [0, 0.05) is 26.6 Å². The molecule has 2 heterocycles. The van der Waals surface area contributed by atoms with E-state index >= 15 is 0 Å². The number of nitrogens with one attached hydrogen (secondary N) is 1. The van der Waals surface area contributed by atoms with Gasteiger partial charge in [0.2, 0.25) is 0 Å². The minimum atomic E-state index is -1.08. The standard InChI is InChI=1S/C20H14ClNO4S/c21-13-7-5-11(6-8-13)18-17(20(24)25)14(10-27-18)22-19(23)16-9-12-3-1-2-4-15(12)26-16/h1-5,7-11H,6H2,(H,22,23)(H,24,25). The third kappa shape index (κ3) is 3.41. The van der Waals surface area contributed by atoms with Crippen LogP contribution >= 0.6 is 22.9 Å². The Kier molecular flexibility index (Phi) is 4.59. The molecule has 0 spiro atoms. The Morgan fingerprint density at radius 3 is 2.81 bits per heavy atom. The number of hydrogen-bond acceptors (Lipinski definition) is 4. The number of aromatic carboxylic acids is 1. The lowest BCUT2D eigenvalue weighted by molar-refractivity contribution is 0.0697. The second-order valence-corrected chi connectivity index (χ2v) is 7.43. The summed E-state index contributed by atoms with van der Waals surface area (Å²) in [5, 5.41) is 15.4. The number of allylic oxidation sites excluding steroid dienone is 4. The molecule has 0 fully saturated rings. The van der Waals surface area contributed by atoms with Crippen molar-refractivity contribution in [2.45, 2.75) is 12.3 Å². The molecule has 3 aromatic rings. The van der Waals surface area contributed by atoms with Crippen molar-refractivity contribution in [3.63, 3.8) is 0 Å². The molecule has 1 atom stereocenters.